The van der Waals surface area contributed by atoms with Crippen LogP contribution in [-0.2, 0) is 14.8 Å². The summed E-state index contributed by atoms with van der Waals surface area (Å²) in [5.74, 6) is -0.404. The molecule has 0 heterocycles. The van der Waals surface area contributed by atoms with E-state index in [1.807, 2.05) is 6.07 Å². The van der Waals surface area contributed by atoms with Crippen LogP contribution in [0.5, 0.6) is 5.75 Å². The fourth-order valence-electron chi connectivity index (χ4n) is 2.52. The number of phosphoric ester groups is 1. The van der Waals surface area contributed by atoms with Gasteiger partial charge in [-0.05, 0) is 31.0 Å². The van der Waals surface area contributed by atoms with Gasteiger partial charge in [0.15, 0.2) is 0 Å². The van der Waals surface area contributed by atoms with E-state index in [1.165, 1.54) is 0 Å². The molecule has 0 bridgehead atoms. The van der Waals surface area contributed by atoms with Crippen LogP contribution in [0.1, 0.15) is 37.0 Å². The molecule has 0 saturated heterocycles. The zero-order valence-corrected chi connectivity index (χ0v) is 12.9. The number of carbonyl (C=O) groups excluding carboxylic acids is 1. The molecule has 1 aromatic carbocycles. The van der Waals surface area contributed by atoms with E-state index in [9.17, 15) is 9.36 Å². The number of rotatable bonds is 5. The summed E-state index contributed by atoms with van der Waals surface area (Å²) < 4.78 is 15.9. The Morgan fingerprint density at radius 3 is 2.35 bits per heavy atom. The number of phosphoric acid groups is 1. The molecule has 0 aliphatic rings. The number of benzene rings is 1. The van der Waals surface area contributed by atoms with Crippen LogP contribution in [0.3, 0.4) is 0 Å². The fourth-order valence-corrected chi connectivity index (χ4v) is 2.92. The first-order valence-electron chi connectivity index (χ1n) is 6.07. The zero-order chi connectivity index (χ0) is 15.7. The lowest BCUT2D eigenvalue weighted by Gasteiger charge is -2.28. The summed E-state index contributed by atoms with van der Waals surface area (Å²) in [4.78, 5) is 29.2. The molecule has 1 amide bonds. The number of primary amides is 1. The summed E-state index contributed by atoms with van der Waals surface area (Å²) in [6.45, 7) is 7.16. The molecule has 0 fully saturated rings. The van der Waals surface area contributed by atoms with Crippen LogP contribution >= 0.6 is 7.82 Å². The number of nitrogens with two attached hydrogens (primary N) is 1. The number of carbonyl (C=O) groups is 1. The molecule has 0 unspecified atom stereocenters. The molecule has 1 rings (SSSR count). The van der Waals surface area contributed by atoms with Gasteiger partial charge in [-0.3, -0.25) is 14.6 Å². The van der Waals surface area contributed by atoms with Crippen molar-refractivity contribution in [3.05, 3.63) is 28.8 Å². The summed E-state index contributed by atoms with van der Waals surface area (Å²) in [5, 5.41) is 0. The van der Waals surface area contributed by atoms with Crippen molar-refractivity contribution in [2.24, 2.45) is 5.73 Å². The Labute approximate surface area is 118 Å². The molecule has 0 spiro atoms. The Kier molecular flexibility index (Phi) is 4.64. The highest BCUT2D eigenvalue weighted by Gasteiger charge is 2.31. The normalized spacial score (nSPS) is 12.3. The minimum absolute atomic E-state index is 0.0500. The van der Waals surface area contributed by atoms with Gasteiger partial charge in [-0.25, -0.2) is 4.57 Å². The molecule has 1 aromatic rings. The summed E-state index contributed by atoms with van der Waals surface area (Å²) in [6.07, 6.45) is 0.0500. The number of hydrogen-bond acceptors (Lipinski definition) is 3. The lowest BCUT2D eigenvalue weighted by Crippen LogP contribution is -2.27. The Morgan fingerprint density at radius 1 is 1.35 bits per heavy atom. The van der Waals surface area contributed by atoms with Gasteiger partial charge in [0.05, 0.1) is 0 Å². The SMILES string of the molecule is Cc1cc(C)c(C(C)(C)CC(N)=O)c(OP(=O)(O)O)c1. The third kappa shape index (κ3) is 4.34. The topological polar surface area (TPSA) is 110 Å². The number of hydrogen-bond donors (Lipinski definition) is 3. The van der Waals surface area contributed by atoms with Crippen LogP contribution in [0.4, 0.5) is 0 Å². The lowest BCUT2D eigenvalue weighted by atomic mass is 9.78. The maximum atomic E-state index is 11.2. The second kappa shape index (κ2) is 5.56. The third-order valence-corrected chi connectivity index (χ3v) is 3.39. The van der Waals surface area contributed by atoms with Crippen LogP contribution in [-0.4, -0.2) is 15.7 Å². The van der Waals surface area contributed by atoms with E-state index in [1.54, 1.807) is 33.8 Å². The second-order valence-corrected chi connectivity index (χ2v) is 6.73. The fraction of sp³-hybridized carbons (Fsp3) is 0.462. The molecule has 112 valence electrons. The van der Waals surface area contributed by atoms with Gasteiger partial charge in [-0.2, -0.15) is 0 Å². The van der Waals surface area contributed by atoms with Crippen molar-refractivity contribution in [3.8, 4) is 5.75 Å². The Hall–Kier alpha value is -1.36. The molecule has 20 heavy (non-hydrogen) atoms. The Balaban J connectivity index is 3.43. The van der Waals surface area contributed by atoms with E-state index in [0.717, 1.165) is 11.1 Å². The van der Waals surface area contributed by atoms with Crippen molar-refractivity contribution in [2.75, 3.05) is 0 Å². The Morgan fingerprint density at radius 2 is 1.90 bits per heavy atom. The van der Waals surface area contributed by atoms with E-state index < -0.39 is 19.1 Å². The minimum atomic E-state index is -4.67. The van der Waals surface area contributed by atoms with Crippen molar-refractivity contribution in [3.63, 3.8) is 0 Å². The van der Waals surface area contributed by atoms with Gasteiger partial charge in [0, 0.05) is 17.4 Å². The Bertz CT molecular complexity index is 576. The average molecular weight is 301 g/mol. The molecule has 0 aliphatic heterocycles. The van der Waals surface area contributed by atoms with Gasteiger partial charge in [0.25, 0.3) is 0 Å². The predicted molar refractivity (Wildman–Crippen MR) is 75.4 cm³/mol. The maximum absolute atomic E-state index is 11.2. The first kappa shape index (κ1) is 16.7. The molecule has 4 N–H and O–H groups in total. The standard InChI is InChI=1S/C13H20NO5P/c1-8-5-9(2)12(13(3,4)7-11(14)15)10(6-8)19-20(16,17)18/h5-6H,7H2,1-4H3,(H2,14,15)(H2,16,17,18). The molecule has 6 nitrogen and oxygen atoms in total. The van der Waals surface area contributed by atoms with E-state index in [4.69, 9.17) is 20.0 Å². The van der Waals surface area contributed by atoms with Crippen molar-refractivity contribution < 1.29 is 23.7 Å². The van der Waals surface area contributed by atoms with Gasteiger partial charge in [-0.1, -0.05) is 19.9 Å². The highest BCUT2D eigenvalue weighted by molar-refractivity contribution is 7.46. The lowest BCUT2D eigenvalue weighted by molar-refractivity contribution is -0.119. The zero-order valence-electron chi connectivity index (χ0n) is 12.0. The second-order valence-electron chi connectivity index (χ2n) is 5.56. The van der Waals surface area contributed by atoms with Crippen LogP contribution in [0.2, 0.25) is 0 Å². The average Bonchev–Trinajstić information content (AvgIpc) is 2.08. The smallest absolute Gasteiger partial charge is 0.404 e. The number of amides is 1. The van der Waals surface area contributed by atoms with Crippen molar-refractivity contribution in [1.29, 1.82) is 0 Å². The summed E-state index contributed by atoms with van der Waals surface area (Å²) >= 11 is 0. The summed E-state index contributed by atoms with van der Waals surface area (Å²) in [5.41, 5.74) is 6.73. The van der Waals surface area contributed by atoms with Gasteiger partial charge < -0.3 is 10.3 Å². The van der Waals surface area contributed by atoms with Crippen molar-refractivity contribution in [1.82, 2.24) is 0 Å². The van der Waals surface area contributed by atoms with E-state index in [0.29, 0.717) is 5.56 Å². The van der Waals surface area contributed by atoms with E-state index in [2.05, 4.69) is 0 Å². The molecule has 7 heteroatoms. The third-order valence-electron chi connectivity index (χ3n) is 2.95. The molecular weight excluding hydrogens is 281 g/mol. The van der Waals surface area contributed by atoms with Gasteiger partial charge in [0.1, 0.15) is 5.75 Å². The molecule has 0 atom stereocenters. The van der Waals surface area contributed by atoms with Crippen LogP contribution < -0.4 is 10.3 Å². The molecule has 0 aromatic heterocycles. The van der Waals surface area contributed by atoms with Gasteiger partial charge in [-0.15, -0.1) is 0 Å². The van der Waals surface area contributed by atoms with Crippen LogP contribution in [0.25, 0.3) is 0 Å². The van der Waals surface area contributed by atoms with E-state index >= 15 is 0 Å². The largest absolute Gasteiger partial charge is 0.524 e. The van der Waals surface area contributed by atoms with E-state index in [-0.39, 0.29) is 12.2 Å². The predicted octanol–water partition coefficient (Wildman–Crippen LogP) is 1.93. The highest BCUT2D eigenvalue weighted by Crippen LogP contribution is 2.44. The first-order chi connectivity index (χ1) is 8.92. The van der Waals surface area contributed by atoms with Crippen LogP contribution in [0.15, 0.2) is 12.1 Å². The molecular formula is C13H20NO5P. The monoisotopic (exact) mass is 301 g/mol. The molecule has 0 saturated carbocycles. The minimum Gasteiger partial charge on any atom is -0.404 e. The maximum Gasteiger partial charge on any atom is 0.524 e. The quantitative estimate of drug-likeness (QED) is 0.720. The first-order valence-corrected chi connectivity index (χ1v) is 7.60. The summed E-state index contributed by atoms with van der Waals surface area (Å²) in [7, 11) is -4.67. The molecule has 0 aliphatic carbocycles. The van der Waals surface area contributed by atoms with Crippen LogP contribution in [0, 0.1) is 13.8 Å². The number of aryl methyl sites for hydroxylation is 2. The van der Waals surface area contributed by atoms with Crippen molar-refractivity contribution in [2.45, 2.75) is 39.5 Å². The van der Waals surface area contributed by atoms with Gasteiger partial charge in [0.2, 0.25) is 5.91 Å². The molecule has 0 radical (unpaired) electrons. The van der Waals surface area contributed by atoms with Crippen molar-refractivity contribution >= 4 is 13.7 Å². The van der Waals surface area contributed by atoms with Gasteiger partial charge >= 0.3 is 7.82 Å². The summed E-state index contributed by atoms with van der Waals surface area (Å²) in [6, 6.07) is 3.41. The highest BCUT2D eigenvalue weighted by atomic mass is 31.2.